The minimum Gasteiger partial charge on any atom is -0.480 e. The third-order valence-corrected chi connectivity index (χ3v) is 3.86. The summed E-state index contributed by atoms with van der Waals surface area (Å²) in [7, 11) is 1.32. The monoisotopic (exact) mass is 247 g/mol. The van der Waals surface area contributed by atoms with E-state index in [1.54, 1.807) is 0 Å². The number of nitrogens with one attached hydrogen (secondary N) is 1. The van der Waals surface area contributed by atoms with Gasteiger partial charge in [-0.05, 0) is 12.3 Å². The van der Waals surface area contributed by atoms with Gasteiger partial charge in [-0.1, -0.05) is 13.8 Å². The lowest BCUT2D eigenvalue weighted by Gasteiger charge is -2.27. The van der Waals surface area contributed by atoms with Gasteiger partial charge in [-0.15, -0.1) is 11.8 Å². The molecular weight excluding hydrogens is 230 g/mol. The van der Waals surface area contributed by atoms with Crippen LogP contribution in [0.15, 0.2) is 0 Å². The number of methoxy groups -OCH3 is 1. The van der Waals surface area contributed by atoms with Crippen molar-refractivity contribution in [3.63, 3.8) is 0 Å². The van der Waals surface area contributed by atoms with E-state index in [-0.39, 0.29) is 5.92 Å². The number of carbonyl (C=O) groups excluding carboxylic acids is 1. The summed E-state index contributed by atoms with van der Waals surface area (Å²) in [6.45, 7) is 3.97. The zero-order valence-corrected chi connectivity index (χ0v) is 10.5. The van der Waals surface area contributed by atoms with E-state index in [2.05, 4.69) is 5.32 Å². The maximum Gasteiger partial charge on any atom is 0.336 e. The highest BCUT2D eigenvalue weighted by Crippen LogP contribution is 2.37. The van der Waals surface area contributed by atoms with E-state index in [0.717, 1.165) is 0 Å². The third kappa shape index (κ3) is 2.68. The molecule has 2 atom stereocenters. The maximum atomic E-state index is 11.7. The average Bonchev–Trinajstić information content (AvgIpc) is 2.61. The minimum atomic E-state index is -0.929. The van der Waals surface area contributed by atoms with Gasteiger partial charge >= 0.3 is 11.9 Å². The number of aliphatic carboxylic acids is 1. The number of hydrogen-bond donors (Lipinski definition) is 2. The molecule has 0 aliphatic carbocycles. The molecule has 6 heteroatoms. The van der Waals surface area contributed by atoms with Crippen LogP contribution in [0.5, 0.6) is 0 Å². The zero-order chi connectivity index (χ0) is 12.3. The number of rotatable bonds is 4. The average molecular weight is 247 g/mol. The smallest absolute Gasteiger partial charge is 0.336 e. The van der Waals surface area contributed by atoms with Crippen molar-refractivity contribution in [2.45, 2.75) is 31.2 Å². The number of hydrogen-bond acceptors (Lipinski definition) is 5. The van der Waals surface area contributed by atoms with Crippen LogP contribution >= 0.6 is 11.8 Å². The van der Waals surface area contributed by atoms with Crippen LogP contribution in [0.2, 0.25) is 0 Å². The first-order valence-corrected chi connectivity index (χ1v) is 6.12. The first-order chi connectivity index (χ1) is 7.41. The molecule has 1 rings (SSSR count). The first kappa shape index (κ1) is 13.3. The van der Waals surface area contributed by atoms with Gasteiger partial charge in [0.25, 0.3) is 0 Å². The van der Waals surface area contributed by atoms with Crippen LogP contribution in [0.3, 0.4) is 0 Å². The highest BCUT2D eigenvalue weighted by Gasteiger charge is 2.49. The van der Waals surface area contributed by atoms with Gasteiger partial charge in [0.15, 0.2) is 4.87 Å². The lowest BCUT2D eigenvalue weighted by atomic mass is 10.0. The first-order valence-electron chi connectivity index (χ1n) is 5.14. The Labute approximate surface area is 98.9 Å². The number of carboxylic acids is 1. The van der Waals surface area contributed by atoms with Crippen molar-refractivity contribution in [1.29, 1.82) is 0 Å². The minimum absolute atomic E-state index is 0.284. The lowest BCUT2D eigenvalue weighted by molar-refractivity contribution is -0.146. The van der Waals surface area contributed by atoms with Crippen LogP contribution in [-0.2, 0) is 14.3 Å². The van der Waals surface area contributed by atoms with E-state index in [1.165, 1.54) is 18.9 Å². The van der Waals surface area contributed by atoms with E-state index in [4.69, 9.17) is 9.84 Å². The summed E-state index contributed by atoms with van der Waals surface area (Å²) in [4.78, 5) is 21.7. The second-order valence-electron chi connectivity index (χ2n) is 4.26. The van der Waals surface area contributed by atoms with Gasteiger partial charge in [-0.2, -0.15) is 0 Å². The van der Waals surface area contributed by atoms with Gasteiger partial charge in [-0.25, -0.2) is 4.79 Å². The van der Waals surface area contributed by atoms with Crippen LogP contribution < -0.4 is 5.32 Å². The highest BCUT2D eigenvalue weighted by molar-refractivity contribution is 8.01. The van der Waals surface area contributed by atoms with Crippen LogP contribution in [-0.4, -0.2) is 40.8 Å². The van der Waals surface area contributed by atoms with Crippen molar-refractivity contribution in [2.75, 3.05) is 12.9 Å². The molecule has 1 saturated heterocycles. The van der Waals surface area contributed by atoms with Gasteiger partial charge in [0, 0.05) is 5.75 Å². The molecule has 5 nitrogen and oxygen atoms in total. The SMILES string of the molecule is COC(=O)C1(CC(C)C)NC(C(=O)O)CS1. The van der Waals surface area contributed by atoms with Gasteiger partial charge in [0.1, 0.15) is 6.04 Å². The van der Waals surface area contributed by atoms with Crippen LogP contribution in [0.1, 0.15) is 20.3 Å². The molecule has 0 saturated carbocycles. The summed E-state index contributed by atoms with van der Waals surface area (Å²) in [5.74, 6) is -0.652. The molecule has 2 unspecified atom stereocenters. The summed E-state index contributed by atoms with van der Waals surface area (Å²) < 4.78 is 4.75. The summed E-state index contributed by atoms with van der Waals surface area (Å²) in [5, 5.41) is 11.8. The largest absolute Gasteiger partial charge is 0.480 e. The number of ether oxygens (including phenoxy) is 1. The Bertz CT molecular complexity index is 295. The van der Waals surface area contributed by atoms with Crippen molar-refractivity contribution in [3.05, 3.63) is 0 Å². The maximum absolute atomic E-state index is 11.7. The fourth-order valence-corrected chi connectivity index (χ4v) is 3.34. The van der Waals surface area contributed by atoms with E-state index in [0.29, 0.717) is 12.2 Å². The fourth-order valence-electron chi connectivity index (χ4n) is 1.78. The van der Waals surface area contributed by atoms with Gasteiger partial charge in [0.05, 0.1) is 7.11 Å². The highest BCUT2D eigenvalue weighted by atomic mass is 32.2. The molecule has 0 aromatic rings. The number of esters is 1. The Morgan fingerprint density at radius 1 is 1.62 bits per heavy atom. The second-order valence-corrected chi connectivity index (χ2v) is 5.58. The van der Waals surface area contributed by atoms with E-state index in [1.807, 2.05) is 13.8 Å². The molecule has 92 valence electrons. The van der Waals surface area contributed by atoms with Gasteiger partial charge in [-0.3, -0.25) is 10.1 Å². The number of thioether (sulfide) groups is 1. The summed E-state index contributed by atoms with van der Waals surface area (Å²) in [6.07, 6.45) is 0.564. The third-order valence-electron chi connectivity index (χ3n) is 2.41. The molecule has 0 aromatic carbocycles. The summed E-state index contributed by atoms with van der Waals surface area (Å²) in [6, 6.07) is -0.678. The van der Waals surface area contributed by atoms with Gasteiger partial charge < -0.3 is 9.84 Å². The molecule has 0 spiro atoms. The summed E-state index contributed by atoms with van der Waals surface area (Å²) in [5.41, 5.74) is 0. The van der Waals surface area contributed by atoms with E-state index < -0.39 is 22.9 Å². The molecule has 1 aliphatic rings. The second kappa shape index (κ2) is 5.05. The normalized spacial score (nSPS) is 29.4. The predicted octanol–water partition coefficient (Wildman–Crippen LogP) is 0.691. The standard InChI is InChI=1S/C10H17NO4S/c1-6(2)4-10(9(14)15-3)11-7(5-16-10)8(12)13/h6-7,11H,4-5H2,1-3H3,(H,12,13). The quantitative estimate of drug-likeness (QED) is 0.712. The van der Waals surface area contributed by atoms with Crippen LogP contribution in [0.25, 0.3) is 0 Å². The number of carboxylic acid groups (broad SMARTS) is 1. The Hall–Kier alpha value is -0.750. The Balaban J connectivity index is 2.82. The van der Waals surface area contributed by atoms with Crippen LogP contribution in [0, 0.1) is 5.92 Å². The molecule has 1 fully saturated rings. The Morgan fingerprint density at radius 3 is 2.62 bits per heavy atom. The van der Waals surface area contributed by atoms with Crippen molar-refractivity contribution in [3.8, 4) is 0 Å². The molecular formula is C10H17NO4S. The fraction of sp³-hybridized carbons (Fsp3) is 0.800. The molecule has 2 N–H and O–H groups in total. The van der Waals surface area contributed by atoms with Crippen LogP contribution in [0.4, 0.5) is 0 Å². The van der Waals surface area contributed by atoms with Gasteiger partial charge in [0.2, 0.25) is 0 Å². The van der Waals surface area contributed by atoms with Crippen molar-refractivity contribution >= 4 is 23.7 Å². The molecule has 0 amide bonds. The molecule has 16 heavy (non-hydrogen) atoms. The lowest BCUT2D eigenvalue weighted by Crippen LogP contribution is -2.51. The predicted molar refractivity (Wildman–Crippen MR) is 61.2 cm³/mol. The molecule has 0 bridgehead atoms. The zero-order valence-electron chi connectivity index (χ0n) is 9.65. The molecule has 0 aromatic heterocycles. The van der Waals surface area contributed by atoms with Crippen molar-refractivity contribution in [1.82, 2.24) is 5.32 Å². The topological polar surface area (TPSA) is 75.6 Å². The van der Waals surface area contributed by atoms with E-state index in [9.17, 15) is 9.59 Å². The molecule has 0 radical (unpaired) electrons. The Morgan fingerprint density at radius 2 is 2.25 bits per heavy atom. The molecule has 1 aliphatic heterocycles. The molecule has 1 heterocycles. The van der Waals surface area contributed by atoms with Crippen molar-refractivity contribution in [2.24, 2.45) is 5.92 Å². The summed E-state index contributed by atoms with van der Waals surface area (Å²) >= 11 is 1.32. The van der Waals surface area contributed by atoms with E-state index >= 15 is 0 Å². The number of carbonyl (C=O) groups is 2. The van der Waals surface area contributed by atoms with Crippen molar-refractivity contribution < 1.29 is 19.4 Å². The Kier molecular flexibility index (Phi) is 4.21.